The molecule has 1 aromatic heterocycles. The standard InChI is InChI=1S/C10H7Cl2N3.C3H8.C2H6/c11-8-5-9(12)15-10(14-8)6-1-3-7(13)4-2-6;1-3-2;1-2/h1-5H,13H2;3H2,1-2H3;1-2H3. The Morgan fingerprint density at radius 2 is 1.35 bits per heavy atom. The average Bonchev–Trinajstić information content (AvgIpc) is 2.41. The van der Waals surface area contributed by atoms with E-state index in [2.05, 4.69) is 23.8 Å². The molecule has 0 aliphatic rings. The summed E-state index contributed by atoms with van der Waals surface area (Å²) in [6.07, 6.45) is 1.25. The van der Waals surface area contributed by atoms with Crippen LogP contribution in [0.5, 0.6) is 0 Å². The topological polar surface area (TPSA) is 51.8 Å². The Morgan fingerprint density at radius 3 is 1.75 bits per heavy atom. The number of benzene rings is 1. The van der Waals surface area contributed by atoms with Gasteiger partial charge in [-0.1, -0.05) is 57.3 Å². The number of nitrogens with two attached hydrogens (primary N) is 1. The second-order valence-electron chi connectivity index (χ2n) is 3.67. The summed E-state index contributed by atoms with van der Waals surface area (Å²) in [4.78, 5) is 8.13. The minimum absolute atomic E-state index is 0.321. The quantitative estimate of drug-likeness (QED) is 0.560. The molecule has 3 nitrogen and oxygen atoms in total. The third-order valence-electron chi connectivity index (χ3n) is 1.83. The lowest BCUT2D eigenvalue weighted by molar-refractivity contribution is 1.09. The third-order valence-corrected chi connectivity index (χ3v) is 2.22. The zero-order chi connectivity index (χ0) is 15.5. The van der Waals surface area contributed by atoms with Crippen molar-refractivity contribution in [3.05, 3.63) is 40.6 Å². The second-order valence-corrected chi connectivity index (χ2v) is 4.44. The van der Waals surface area contributed by atoms with Gasteiger partial charge in [0, 0.05) is 17.3 Å². The molecule has 0 bridgehead atoms. The molecule has 110 valence electrons. The maximum atomic E-state index is 5.77. The molecular weight excluding hydrogens is 293 g/mol. The van der Waals surface area contributed by atoms with E-state index in [1.807, 2.05) is 26.0 Å². The maximum absolute atomic E-state index is 5.77. The number of nitrogens with zero attached hydrogens (tertiary/aromatic N) is 2. The van der Waals surface area contributed by atoms with E-state index in [1.165, 1.54) is 12.5 Å². The number of rotatable bonds is 1. The molecule has 2 rings (SSSR count). The number of nitrogen functional groups attached to an aromatic ring is 1. The largest absolute Gasteiger partial charge is 0.399 e. The molecule has 5 heteroatoms. The second kappa shape index (κ2) is 10.5. The number of anilines is 1. The fraction of sp³-hybridized carbons (Fsp3) is 0.333. The van der Waals surface area contributed by atoms with Gasteiger partial charge >= 0.3 is 0 Å². The van der Waals surface area contributed by atoms with Crippen molar-refractivity contribution in [2.24, 2.45) is 0 Å². The first-order valence-corrected chi connectivity index (χ1v) is 7.38. The van der Waals surface area contributed by atoms with E-state index in [9.17, 15) is 0 Å². The van der Waals surface area contributed by atoms with Gasteiger partial charge in [-0.15, -0.1) is 0 Å². The summed E-state index contributed by atoms with van der Waals surface area (Å²) < 4.78 is 0. The van der Waals surface area contributed by atoms with Crippen LogP contribution in [0, 0.1) is 0 Å². The molecule has 0 spiro atoms. The molecule has 0 fully saturated rings. The van der Waals surface area contributed by atoms with Crippen LogP contribution in [0.15, 0.2) is 30.3 Å². The van der Waals surface area contributed by atoms with Gasteiger partial charge < -0.3 is 5.73 Å². The van der Waals surface area contributed by atoms with Crippen molar-refractivity contribution in [2.75, 3.05) is 5.73 Å². The molecule has 0 saturated heterocycles. The van der Waals surface area contributed by atoms with Crippen LogP contribution in [0.25, 0.3) is 11.4 Å². The molecule has 0 radical (unpaired) electrons. The van der Waals surface area contributed by atoms with E-state index in [-0.39, 0.29) is 0 Å². The van der Waals surface area contributed by atoms with Crippen LogP contribution in [0.2, 0.25) is 10.3 Å². The van der Waals surface area contributed by atoms with Gasteiger partial charge in [-0.2, -0.15) is 0 Å². The van der Waals surface area contributed by atoms with Crippen LogP contribution in [0.4, 0.5) is 5.69 Å². The zero-order valence-corrected chi connectivity index (χ0v) is 13.8. The van der Waals surface area contributed by atoms with Gasteiger partial charge in [0.15, 0.2) is 5.82 Å². The molecule has 1 heterocycles. The Bertz CT molecular complexity index is 479. The Balaban J connectivity index is 0.000000641. The van der Waals surface area contributed by atoms with Crippen LogP contribution >= 0.6 is 23.2 Å². The molecule has 2 N–H and O–H groups in total. The van der Waals surface area contributed by atoms with E-state index >= 15 is 0 Å². The molecule has 0 amide bonds. The minimum Gasteiger partial charge on any atom is -0.399 e. The van der Waals surface area contributed by atoms with E-state index in [0.717, 1.165) is 5.56 Å². The summed E-state index contributed by atoms with van der Waals surface area (Å²) in [5, 5.41) is 0.642. The summed E-state index contributed by atoms with van der Waals surface area (Å²) in [6.45, 7) is 8.25. The highest BCUT2D eigenvalue weighted by molar-refractivity contribution is 6.33. The van der Waals surface area contributed by atoms with Gasteiger partial charge in [0.05, 0.1) is 0 Å². The smallest absolute Gasteiger partial charge is 0.162 e. The molecule has 0 aliphatic carbocycles. The first-order valence-electron chi connectivity index (χ1n) is 6.62. The normalized spacial score (nSPS) is 8.90. The molecule has 0 aliphatic heterocycles. The molecular formula is C15H21Cl2N3. The number of hydrogen-bond donors (Lipinski definition) is 1. The average molecular weight is 314 g/mol. The molecule has 2 aromatic rings. The Labute approximate surface area is 131 Å². The van der Waals surface area contributed by atoms with Crippen LogP contribution in [-0.2, 0) is 0 Å². The SMILES string of the molecule is CC.CCC.Nc1ccc(-c2nc(Cl)cc(Cl)n2)cc1. The lowest BCUT2D eigenvalue weighted by Gasteiger charge is -2.01. The van der Waals surface area contributed by atoms with Crippen LogP contribution in [-0.4, -0.2) is 9.97 Å². The highest BCUT2D eigenvalue weighted by Gasteiger charge is 2.04. The maximum Gasteiger partial charge on any atom is 0.162 e. The lowest BCUT2D eigenvalue weighted by atomic mass is 10.2. The molecule has 1 aromatic carbocycles. The predicted molar refractivity (Wildman–Crippen MR) is 89.2 cm³/mol. The number of hydrogen-bond acceptors (Lipinski definition) is 3. The zero-order valence-electron chi connectivity index (χ0n) is 12.3. The van der Waals surface area contributed by atoms with Crippen LogP contribution in [0.3, 0.4) is 0 Å². The van der Waals surface area contributed by atoms with Gasteiger partial charge in [0.2, 0.25) is 0 Å². The van der Waals surface area contributed by atoms with Crippen molar-refractivity contribution >= 4 is 28.9 Å². The van der Waals surface area contributed by atoms with E-state index in [1.54, 1.807) is 12.1 Å². The fourth-order valence-corrected chi connectivity index (χ4v) is 1.57. The molecule has 0 atom stereocenters. The summed E-state index contributed by atoms with van der Waals surface area (Å²) >= 11 is 11.5. The van der Waals surface area contributed by atoms with E-state index in [4.69, 9.17) is 28.9 Å². The Morgan fingerprint density at radius 1 is 0.950 bits per heavy atom. The first kappa shape index (κ1) is 18.7. The van der Waals surface area contributed by atoms with Crippen LogP contribution < -0.4 is 5.73 Å². The number of halogens is 2. The molecule has 0 unspecified atom stereocenters. The van der Waals surface area contributed by atoms with Crippen molar-refractivity contribution in [3.63, 3.8) is 0 Å². The fourth-order valence-electron chi connectivity index (χ4n) is 1.15. The first-order chi connectivity index (χ1) is 9.56. The summed E-state index contributed by atoms with van der Waals surface area (Å²) in [5.74, 6) is 0.493. The summed E-state index contributed by atoms with van der Waals surface area (Å²) in [7, 11) is 0. The molecule has 0 saturated carbocycles. The van der Waals surface area contributed by atoms with Crippen molar-refractivity contribution in [1.82, 2.24) is 9.97 Å². The van der Waals surface area contributed by atoms with Crippen molar-refractivity contribution in [1.29, 1.82) is 0 Å². The highest BCUT2D eigenvalue weighted by atomic mass is 35.5. The summed E-state index contributed by atoms with van der Waals surface area (Å²) in [6, 6.07) is 8.67. The Hall–Kier alpha value is -1.32. The van der Waals surface area contributed by atoms with Gasteiger partial charge in [-0.3, -0.25) is 0 Å². The van der Waals surface area contributed by atoms with Crippen molar-refractivity contribution < 1.29 is 0 Å². The van der Waals surface area contributed by atoms with Crippen LogP contribution in [0.1, 0.15) is 34.1 Å². The predicted octanol–water partition coefficient (Wildman–Crippen LogP) is 5.48. The molecule has 20 heavy (non-hydrogen) atoms. The highest BCUT2D eigenvalue weighted by Crippen LogP contribution is 2.20. The van der Waals surface area contributed by atoms with Crippen molar-refractivity contribution in [2.45, 2.75) is 34.1 Å². The monoisotopic (exact) mass is 313 g/mol. The minimum atomic E-state index is 0.321. The van der Waals surface area contributed by atoms with Gasteiger partial charge in [-0.25, -0.2) is 9.97 Å². The van der Waals surface area contributed by atoms with Gasteiger partial charge in [-0.05, 0) is 24.3 Å². The van der Waals surface area contributed by atoms with Gasteiger partial charge in [0.25, 0.3) is 0 Å². The van der Waals surface area contributed by atoms with E-state index < -0.39 is 0 Å². The third kappa shape index (κ3) is 6.73. The Kier molecular flexibility index (Phi) is 9.77. The summed E-state index contributed by atoms with van der Waals surface area (Å²) in [5.41, 5.74) is 7.09. The van der Waals surface area contributed by atoms with Gasteiger partial charge in [0.1, 0.15) is 10.3 Å². The lowest BCUT2D eigenvalue weighted by Crippen LogP contribution is -1.90. The van der Waals surface area contributed by atoms with E-state index in [0.29, 0.717) is 21.8 Å². The van der Waals surface area contributed by atoms with Crippen molar-refractivity contribution in [3.8, 4) is 11.4 Å². The number of aromatic nitrogens is 2.